The van der Waals surface area contributed by atoms with Gasteiger partial charge in [0.25, 0.3) is 0 Å². The molecule has 0 spiro atoms. The predicted octanol–water partition coefficient (Wildman–Crippen LogP) is 3.68. The number of hydrogen-bond acceptors (Lipinski definition) is 4. The molecule has 2 fully saturated rings. The van der Waals surface area contributed by atoms with Crippen LogP contribution in [0.15, 0.2) is 54.7 Å². The molecule has 1 atom stereocenters. The van der Waals surface area contributed by atoms with Crippen LogP contribution in [0.25, 0.3) is 0 Å². The van der Waals surface area contributed by atoms with Gasteiger partial charge in [0.2, 0.25) is 0 Å². The highest BCUT2D eigenvalue weighted by molar-refractivity contribution is 5.14. The first kappa shape index (κ1) is 20.5. The van der Waals surface area contributed by atoms with Gasteiger partial charge in [-0.25, -0.2) is 0 Å². The van der Waals surface area contributed by atoms with Gasteiger partial charge in [-0.2, -0.15) is 0 Å². The summed E-state index contributed by atoms with van der Waals surface area (Å²) >= 11 is 0. The molecule has 4 heteroatoms. The fraction of sp³-hybridized carbons (Fsp3) is 0.560. The summed E-state index contributed by atoms with van der Waals surface area (Å²) < 4.78 is 0. The highest BCUT2D eigenvalue weighted by Gasteiger charge is 2.30. The Balaban J connectivity index is 1.22. The van der Waals surface area contributed by atoms with E-state index in [1.54, 1.807) is 0 Å². The fourth-order valence-corrected chi connectivity index (χ4v) is 4.97. The highest BCUT2D eigenvalue weighted by atomic mass is 15.2. The van der Waals surface area contributed by atoms with Crippen molar-refractivity contribution in [2.24, 2.45) is 0 Å². The van der Waals surface area contributed by atoms with Gasteiger partial charge < -0.3 is 4.90 Å². The monoisotopic (exact) mass is 392 g/mol. The highest BCUT2D eigenvalue weighted by Crippen LogP contribution is 2.23. The topological polar surface area (TPSA) is 22.6 Å². The molecule has 2 aliphatic rings. The van der Waals surface area contributed by atoms with Gasteiger partial charge in [-0.1, -0.05) is 36.4 Å². The van der Waals surface area contributed by atoms with Crippen molar-refractivity contribution in [3.8, 4) is 0 Å². The first-order chi connectivity index (χ1) is 14.3. The van der Waals surface area contributed by atoms with E-state index in [0.717, 1.165) is 25.6 Å². The Morgan fingerprint density at radius 3 is 2.52 bits per heavy atom. The molecule has 1 aromatic heterocycles. The molecule has 0 aliphatic carbocycles. The molecule has 3 heterocycles. The second-order valence-corrected chi connectivity index (χ2v) is 8.84. The standard InChI is InChI=1S/C25H36N4/c1-27(17-12-22-8-3-2-4-9-22)25-11-7-16-29(21-25)24-13-18-28(19-14-24)20-23-10-5-6-15-26-23/h2-6,8-10,15,24-25H,7,11-14,16-21H2,1H3. The van der Waals surface area contributed by atoms with E-state index >= 15 is 0 Å². The Kier molecular flexibility index (Phi) is 7.31. The van der Waals surface area contributed by atoms with Crippen molar-refractivity contribution in [3.05, 3.63) is 66.0 Å². The average molecular weight is 393 g/mol. The molecule has 2 saturated heterocycles. The molecule has 4 rings (SSSR count). The summed E-state index contributed by atoms with van der Waals surface area (Å²) in [5.41, 5.74) is 2.65. The van der Waals surface area contributed by atoms with E-state index in [1.165, 1.54) is 63.1 Å². The molecule has 29 heavy (non-hydrogen) atoms. The van der Waals surface area contributed by atoms with E-state index < -0.39 is 0 Å². The van der Waals surface area contributed by atoms with Crippen molar-refractivity contribution in [3.63, 3.8) is 0 Å². The Hall–Kier alpha value is -1.75. The zero-order valence-electron chi connectivity index (χ0n) is 17.9. The molecular weight excluding hydrogens is 356 g/mol. The van der Waals surface area contributed by atoms with Gasteiger partial charge in [0, 0.05) is 51.0 Å². The number of aromatic nitrogens is 1. The van der Waals surface area contributed by atoms with Gasteiger partial charge in [0.1, 0.15) is 0 Å². The summed E-state index contributed by atoms with van der Waals surface area (Å²) in [6.07, 6.45) is 8.35. The van der Waals surface area contributed by atoms with Crippen LogP contribution in [0.4, 0.5) is 0 Å². The maximum Gasteiger partial charge on any atom is 0.0543 e. The maximum atomic E-state index is 4.49. The lowest BCUT2D eigenvalue weighted by molar-refractivity contribution is 0.0505. The quantitative estimate of drug-likeness (QED) is 0.717. The number of rotatable bonds is 7. The third-order valence-corrected chi connectivity index (χ3v) is 6.83. The van der Waals surface area contributed by atoms with E-state index in [-0.39, 0.29) is 0 Å². The SMILES string of the molecule is CN(CCc1ccccc1)C1CCCN(C2CCN(Cc3ccccn3)CC2)C1. The number of pyridine rings is 1. The molecule has 156 valence electrons. The zero-order valence-corrected chi connectivity index (χ0v) is 17.9. The number of hydrogen-bond donors (Lipinski definition) is 0. The average Bonchev–Trinajstić information content (AvgIpc) is 2.79. The van der Waals surface area contributed by atoms with Crippen LogP contribution >= 0.6 is 0 Å². The van der Waals surface area contributed by atoms with E-state index in [0.29, 0.717) is 6.04 Å². The number of benzene rings is 1. The van der Waals surface area contributed by atoms with Gasteiger partial charge in [-0.15, -0.1) is 0 Å². The second-order valence-electron chi connectivity index (χ2n) is 8.84. The van der Waals surface area contributed by atoms with Gasteiger partial charge in [-0.3, -0.25) is 14.8 Å². The first-order valence-electron chi connectivity index (χ1n) is 11.4. The number of likely N-dealkylation sites (N-methyl/N-ethyl adjacent to an activating group) is 1. The molecule has 0 amide bonds. The van der Waals surface area contributed by atoms with Crippen LogP contribution in [0.3, 0.4) is 0 Å². The smallest absolute Gasteiger partial charge is 0.0543 e. The van der Waals surface area contributed by atoms with Crippen LogP contribution in [-0.4, -0.2) is 71.5 Å². The zero-order chi connectivity index (χ0) is 19.9. The molecule has 0 radical (unpaired) electrons. The molecule has 4 nitrogen and oxygen atoms in total. The minimum absolute atomic E-state index is 0.707. The largest absolute Gasteiger partial charge is 0.302 e. The lowest BCUT2D eigenvalue weighted by Gasteiger charge is -2.44. The van der Waals surface area contributed by atoms with Crippen LogP contribution in [-0.2, 0) is 13.0 Å². The summed E-state index contributed by atoms with van der Waals surface area (Å²) in [7, 11) is 2.33. The molecule has 0 saturated carbocycles. The van der Waals surface area contributed by atoms with Crippen molar-refractivity contribution < 1.29 is 0 Å². The molecular formula is C25H36N4. The predicted molar refractivity (Wildman–Crippen MR) is 120 cm³/mol. The number of nitrogens with zero attached hydrogens (tertiary/aromatic N) is 4. The lowest BCUT2D eigenvalue weighted by Crippen LogP contribution is -2.53. The van der Waals surface area contributed by atoms with Crippen LogP contribution in [0.2, 0.25) is 0 Å². The van der Waals surface area contributed by atoms with Crippen LogP contribution < -0.4 is 0 Å². The van der Waals surface area contributed by atoms with E-state index in [2.05, 4.69) is 69.2 Å². The third-order valence-electron chi connectivity index (χ3n) is 6.83. The summed E-state index contributed by atoms with van der Waals surface area (Å²) in [6.45, 7) is 7.09. The van der Waals surface area contributed by atoms with Crippen LogP contribution in [0.5, 0.6) is 0 Å². The molecule has 1 aromatic carbocycles. The molecule has 2 aliphatic heterocycles. The first-order valence-corrected chi connectivity index (χ1v) is 11.4. The van der Waals surface area contributed by atoms with Crippen molar-refractivity contribution in [1.82, 2.24) is 19.7 Å². The van der Waals surface area contributed by atoms with E-state index in [9.17, 15) is 0 Å². The Morgan fingerprint density at radius 1 is 0.966 bits per heavy atom. The fourth-order valence-electron chi connectivity index (χ4n) is 4.97. The second kappa shape index (κ2) is 10.3. The van der Waals surface area contributed by atoms with Crippen molar-refractivity contribution >= 4 is 0 Å². The molecule has 1 unspecified atom stereocenters. The van der Waals surface area contributed by atoms with Crippen molar-refractivity contribution in [1.29, 1.82) is 0 Å². The summed E-state index contributed by atoms with van der Waals surface area (Å²) in [6, 6.07) is 18.6. The summed E-state index contributed by atoms with van der Waals surface area (Å²) in [5.74, 6) is 0. The summed E-state index contributed by atoms with van der Waals surface area (Å²) in [5, 5.41) is 0. The number of piperidine rings is 2. The van der Waals surface area contributed by atoms with E-state index in [1.807, 2.05) is 12.3 Å². The van der Waals surface area contributed by atoms with Gasteiger partial charge >= 0.3 is 0 Å². The van der Waals surface area contributed by atoms with Gasteiger partial charge in [0.05, 0.1) is 5.69 Å². The number of likely N-dealkylation sites (tertiary alicyclic amines) is 2. The molecule has 2 aromatic rings. The Labute approximate surface area is 176 Å². The van der Waals surface area contributed by atoms with E-state index in [4.69, 9.17) is 0 Å². The van der Waals surface area contributed by atoms with Gasteiger partial charge in [0.15, 0.2) is 0 Å². The maximum absolute atomic E-state index is 4.49. The third kappa shape index (κ3) is 5.88. The van der Waals surface area contributed by atoms with Gasteiger partial charge in [-0.05, 0) is 63.4 Å². The minimum Gasteiger partial charge on any atom is -0.302 e. The van der Waals surface area contributed by atoms with Crippen molar-refractivity contribution in [2.45, 2.75) is 50.7 Å². The minimum atomic E-state index is 0.707. The molecule has 0 N–H and O–H groups in total. The van der Waals surface area contributed by atoms with Crippen LogP contribution in [0.1, 0.15) is 36.9 Å². The van der Waals surface area contributed by atoms with Crippen LogP contribution in [0, 0.1) is 0 Å². The molecule has 0 bridgehead atoms. The summed E-state index contributed by atoms with van der Waals surface area (Å²) in [4.78, 5) is 12.5. The Bertz CT molecular complexity index is 712. The lowest BCUT2D eigenvalue weighted by atomic mass is 9.97. The normalized spacial score (nSPS) is 22.2. The Morgan fingerprint density at radius 2 is 1.76 bits per heavy atom. The van der Waals surface area contributed by atoms with Crippen molar-refractivity contribution in [2.75, 3.05) is 39.8 Å².